The van der Waals surface area contributed by atoms with Crippen molar-refractivity contribution in [2.75, 3.05) is 24.6 Å². The summed E-state index contributed by atoms with van der Waals surface area (Å²) in [6.07, 6.45) is 0. The van der Waals surface area contributed by atoms with Gasteiger partial charge in [-0.15, -0.1) is 0 Å². The van der Waals surface area contributed by atoms with Gasteiger partial charge in [0.25, 0.3) is 5.56 Å². The zero-order valence-electron chi connectivity index (χ0n) is 14.8. The summed E-state index contributed by atoms with van der Waals surface area (Å²) >= 11 is 0. The first-order valence-corrected chi connectivity index (χ1v) is 9.16. The lowest BCUT2D eigenvalue weighted by atomic mass is 10.1. The van der Waals surface area contributed by atoms with E-state index in [2.05, 4.69) is 29.2 Å². The molecule has 4 aromatic rings. The smallest absolute Gasteiger partial charge is 0.262 e. The van der Waals surface area contributed by atoms with Gasteiger partial charge in [0.1, 0.15) is 12.4 Å². The highest BCUT2D eigenvalue weighted by molar-refractivity contribution is 5.83. The molecule has 0 N–H and O–H groups in total. The standard InChI is InChI=1S/C22H19N3O2/c26-21-19-7-3-4-8-20(19)23-22-24(11-12-25(21)22)13-14-27-18-10-9-16-5-1-2-6-17(16)15-18/h1-10,15H,11-14H2. The summed E-state index contributed by atoms with van der Waals surface area (Å²) in [5.41, 5.74) is 0.782. The van der Waals surface area contributed by atoms with Crippen molar-refractivity contribution in [2.45, 2.75) is 6.54 Å². The summed E-state index contributed by atoms with van der Waals surface area (Å²) in [7, 11) is 0. The molecule has 0 atom stereocenters. The van der Waals surface area contributed by atoms with Gasteiger partial charge in [0.2, 0.25) is 5.95 Å². The Morgan fingerprint density at radius 1 is 0.926 bits per heavy atom. The third-order valence-corrected chi connectivity index (χ3v) is 5.07. The lowest BCUT2D eigenvalue weighted by Gasteiger charge is -2.18. The van der Waals surface area contributed by atoms with Crippen LogP contribution in [0.3, 0.4) is 0 Å². The van der Waals surface area contributed by atoms with Crippen LogP contribution in [0.15, 0.2) is 71.5 Å². The number of rotatable bonds is 4. The van der Waals surface area contributed by atoms with Crippen LogP contribution in [-0.2, 0) is 6.54 Å². The van der Waals surface area contributed by atoms with Crippen LogP contribution in [0, 0.1) is 0 Å². The molecule has 134 valence electrons. The number of fused-ring (bicyclic) bond motifs is 3. The number of aromatic nitrogens is 2. The maximum absolute atomic E-state index is 12.7. The molecule has 0 radical (unpaired) electrons. The maximum Gasteiger partial charge on any atom is 0.262 e. The molecular weight excluding hydrogens is 338 g/mol. The highest BCUT2D eigenvalue weighted by atomic mass is 16.5. The fourth-order valence-corrected chi connectivity index (χ4v) is 3.66. The van der Waals surface area contributed by atoms with E-state index in [-0.39, 0.29) is 5.56 Å². The minimum atomic E-state index is 0.0357. The molecular formula is C22H19N3O2. The molecule has 0 bridgehead atoms. The molecule has 27 heavy (non-hydrogen) atoms. The average molecular weight is 357 g/mol. The van der Waals surface area contributed by atoms with Crippen LogP contribution < -0.4 is 15.2 Å². The first kappa shape index (κ1) is 15.9. The van der Waals surface area contributed by atoms with E-state index in [1.54, 1.807) is 4.57 Å². The monoisotopic (exact) mass is 357 g/mol. The van der Waals surface area contributed by atoms with Crippen molar-refractivity contribution in [1.29, 1.82) is 0 Å². The van der Waals surface area contributed by atoms with Gasteiger partial charge in [-0.1, -0.05) is 42.5 Å². The highest BCUT2D eigenvalue weighted by Crippen LogP contribution is 2.22. The molecule has 1 aliphatic rings. The van der Waals surface area contributed by atoms with E-state index in [4.69, 9.17) is 9.72 Å². The van der Waals surface area contributed by atoms with E-state index >= 15 is 0 Å². The van der Waals surface area contributed by atoms with Gasteiger partial charge in [0, 0.05) is 13.1 Å². The van der Waals surface area contributed by atoms with Crippen molar-refractivity contribution in [2.24, 2.45) is 0 Å². The predicted octanol–water partition coefficient (Wildman–Crippen LogP) is 3.45. The van der Waals surface area contributed by atoms with Crippen LogP contribution in [-0.4, -0.2) is 29.2 Å². The third-order valence-electron chi connectivity index (χ3n) is 5.07. The van der Waals surface area contributed by atoms with Gasteiger partial charge >= 0.3 is 0 Å². The van der Waals surface area contributed by atoms with E-state index in [0.717, 1.165) is 23.8 Å². The van der Waals surface area contributed by atoms with E-state index < -0.39 is 0 Å². The van der Waals surface area contributed by atoms with Gasteiger partial charge in [-0.2, -0.15) is 0 Å². The fraction of sp³-hybridized carbons (Fsp3) is 0.182. The van der Waals surface area contributed by atoms with E-state index in [1.807, 2.05) is 42.5 Å². The molecule has 3 aromatic carbocycles. The SMILES string of the molecule is O=c1c2ccccc2nc2n1CCN2CCOc1ccc2ccccc2c1. The topological polar surface area (TPSA) is 47.4 Å². The average Bonchev–Trinajstić information content (AvgIpc) is 3.11. The van der Waals surface area contributed by atoms with Crippen molar-refractivity contribution in [1.82, 2.24) is 9.55 Å². The van der Waals surface area contributed by atoms with Crippen molar-refractivity contribution >= 4 is 27.6 Å². The molecule has 0 aliphatic carbocycles. The van der Waals surface area contributed by atoms with Crippen LogP contribution in [0.4, 0.5) is 5.95 Å². The lowest BCUT2D eigenvalue weighted by Crippen LogP contribution is -2.27. The summed E-state index contributed by atoms with van der Waals surface area (Å²) in [6.45, 7) is 2.68. The Morgan fingerprint density at radius 2 is 1.74 bits per heavy atom. The Morgan fingerprint density at radius 3 is 2.67 bits per heavy atom. The Kier molecular flexibility index (Phi) is 3.78. The number of benzene rings is 3. The number of hydrogen-bond acceptors (Lipinski definition) is 4. The zero-order chi connectivity index (χ0) is 18.2. The van der Waals surface area contributed by atoms with Gasteiger partial charge in [0.05, 0.1) is 17.4 Å². The van der Waals surface area contributed by atoms with Crippen LogP contribution in [0.2, 0.25) is 0 Å². The lowest BCUT2D eigenvalue weighted by molar-refractivity contribution is 0.325. The second kappa shape index (κ2) is 6.43. The summed E-state index contributed by atoms with van der Waals surface area (Å²) in [6, 6.07) is 21.9. The molecule has 2 heterocycles. The summed E-state index contributed by atoms with van der Waals surface area (Å²) in [5, 5.41) is 3.05. The minimum absolute atomic E-state index is 0.0357. The maximum atomic E-state index is 12.7. The van der Waals surface area contributed by atoms with Crippen LogP contribution in [0.5, 0.6) is 5.75 Å². The largest absolute Gasteiger partial charge is 0.492 e. The Bertz CT molecular complexity index is 1200. The first-order chi connectivity index (χ1) is 13.3. The van der Waals surface area contributed by atoms with Crippen molar-refractivity contribution in [3.8, 4) is 5.75 Å². The third kappa shape index (κ3) is 2.81. The van der Waals surface area contributed by atoms with Crippen molar-refractivity contribution in [3.05, 3.63) is 77.1 Å². The zero-order valence-corrected chi connectivity index (χ0v) is 14.8. The normalized spacial score (nSPS) is 13.3. The fourth-order valence-electron chi connectivity index (χ4n) is 3.66. The van der Waals surface area contributed by atoms with E-state index in [0.29, 0.717) is 25.1 Å². The van der Waals surface area contributed by atoms with Gasteiger partial charge in [0.15, 0.2) is 0 Å². The molecule has 0 fully saturated rings. The molecule has 5 rings (SSSR count). The molecule has 5 nitrogen and oxygen atoms in total. The first-order valence-electron chi connectivity index (χ1n) is 9.16. The van der Waals surface area contributed by atoms with Gasteiger partial charge < -0.3 is 9.64 Å². The molecule has 5 heteroatoms. The van der Waals surface area contributed by atoms with Crippen LogP contribution >= 0.6 is 0 Å². The minimum Gasteiger partial charge on any atom is -0.492 e. The molecule has 0 saturated carbocycles. The van der Waals surface area contributed by atoms with Gasteiger partial charge in [-0.25, -0.2) is 4.98 Å². The van der Waals surface area contributed by atoms with Crippen LogP contribution in [0.1, 0.15) is 0 Å². The Labute approximate surface area is 156 Å². The second-order valence-corrected chi connectivity index (χ2v) is 6.73. The Hall–Kier alpha value is -3.34. The summed E-state index contributed by atoms with van der Waals surface area (Å²) < 4.78 is 7.71. The van der Waals surface area contributed by atoms with Crippen molar-refractivity contribution in [3.63, 3.8) is 0 Å². The number of nitrogens with zero attached hydrogens (tertiary/aromatic N) is 3. The van der Waals surface area contributed by atoms with E-state index in [9.17, 15) is 4.79 Å². The number of anilines is 1. The number of para-hydroxylation sites is 1. The molecule has 0 amide bonds. The quantitative estimate of drug-likeness (QED) is 0.561. The number of ether oxygens (including phenoxy) is 1. The van der Waals surface area contributed by atoms with Crippen LogP contribution in [0.25, 0.3) is 21.7 Å². The molecule has 1 aromatic heterocycles. The number of hydrogen-bond donors (Lipinski definition) is 0. The summed E-state index contributed by atoms with van der Waals surface area (Å²) in [4.78, 5) is 19.5. The van der Waals surface area contributed by atoms with Gasteiger partial charge in [-0.05, 0) is 35.0 Å². The molecule has 0 spiro atoms. The van der Waals surface area contributed by atoms with Gasteiger partial charge in [-0.3, -0.25) is 9.36 Å². The molecule has 1 aliphatic heterocycles. The predicted molar refractivity (Wildman–Crippen MR) is 108 cm³/mol. The molecule has 0 unspecified atom stereocenters. The summed E-state index contributed by atoms with van der Waals surface area (Å²) in [5.74, 6) is 1.59. The Balaban J connectivity index is 1.33. The highest BCUT2D eigenvalue weighted by Gasteiger charge is 2.22. The van der Waals surface area contributed by atoms with E-state index in [1.165, 1.54) is 10.8 Å². The second-order valence-electron chi connectivity index (χ2n) is 6.73. The van der Waals surface area contributed by atoms with Crippen molar-refractivity contribution < 1.29 is 4.74 Å². The molecule has 0 saturated heterocycles.